The van der Waals surface area contributed by atoms with Crippen LogP contribution in [0.15, 0.2) is 36.9 Å². The van der Waals surface area contributed by atoms with E-state index in [-0.39, 0.29) is 24.3 Å². The number of carbonyl (C=O) groups excluding carboxylic acids is 2. The van der Waals surface area contributed by atoms with Gasteiger partial charge in [-0.05, 0) is 37.6 Å². The van der Waals surface area contributed by atoms with E-state index in [1.165, 1.54) is 44.4 Å². The number of carbonyl (C=O) groups is 2. The van der Waals surface area contributed by atoms with Crippen molar-refractivity contribution in [2.75, 3.05) is 12.0 Å². The van der Waals surface area contributed by atoms with Gasteiger partial charge in [-0.15, -0.1) is 6.58 Å². The van der Waals surface area contributed by atoms with Crippen molar-refractivity contribution in [2.24, 2.45) is 0 Å². The van der Waals surface area contributed by atoms with Gasteiger partial charge in [-0.2, -0.15) is 13.2 Å². The zero-order valence-corrected chi connectivity index (χ0v) is 12.9. The minimum absolute atomic E-state index is 0.0501. The molecule has 0 unspecified atom stereocenters. The van der Waals surface area contributed by atoms with E-state index < -0.39 is 18.1 Å². The van der Waals surface area contributed by atoms with Crippen LogP contribution in [0.25, 0.3) is 0 Å². The van der Waals surface area contributed by atoms with Gasteiger partial charge in [0.15, 0.2) is 0 Å². The molecular weight excluding hydrogens is 311 g/mol. The number of hydrogen-bond acceptors (Lipinski definition) is 3. The van der Waals surface area contributed by atoms with Gasteiger partial charge in [-0.3, -0.25) is 9.69 Å². The molecule has 1 atom stereocenters. The highest BCUT2D eigenvalue weighted by Crippen LogP contribution is 2.29. The summed E-state index contributed by atoms with van der Waals surface area (Å²) in [6.45, 7) is 4.82. The predicted octanol–water partition coefficient (Wildman–Crippen LogP) is 3.51. The minimum Gasteiger partial charge on any atom is -0.497 e. The molecule has 0 saturated heterocycles. The number of hydrogen-bond donors (Lipinski definition) is 0. The van der Waals surface area contributed by atoms with Crippen molar-refractivity contribution in [3.63, 3.8) is 0 Å². The number of benzene rings is 1. The zero-order valence-electron chi connectivity index (χ0n) is 12.9. The Kier molecular flexibility index (Phi) is 6.36. The standard InChI is InChI=1S/C16H18F3NO3/c1-4-12(6-5-11(2)21)20(15(22)16(17,18)19)13-7-9-14(23-3)10-8-13/h4,7-10,12H,1,5-6H2,2-3H3/t12-/m1/s1. The molecule has 0 bridgehead atoms. The van der Waals surface area contributed by atoms with E-state index in [1.54, 1.807) is 0 Å². The first-order chi connectivity index (χ1) is 10.7. The topological polar surface area (TPSA) is 46.6 Å². The Morgan fingerprint density at radius 3 is 2.26 bits per heavy atom. The van der Waals surface area contributed by atoms with E-state index in [2.05, 4.69) is 6.58 Å². The average Bonchev–Trinajstić information content (AvgIpc) is 2.50. The second kappa shape index (κ2) is 7.80. The maximum Gasteiger partial charge on any atom is 0.471 e. The summed E-state index contributed by atoms with van der Waals surface area (Å²) >= 11 is 0. The lowest BCUT2D eigenvalue weighted by Crippen LogP contribution is -2.46. The Labute approximate surface area is 132 Å². The maximum atomic E-state index is 12.9. The number of ether oxygens (including phenoxy) is 1. The molecule has 7 heteroatoms. The van der Waals surface area contributed by atoms with Crippen LogP contribution in [0.1, 0.15) is 19.8 Å². The fourth-order valence-corrected chi connectivity index (χ4v) is 2.04. The van der Waals surface area contributed by atoms with E-state index in [9.17, 15) is 22.8 Å². The molecule has 4 nitrogen and oxygen atoms in total. The number of methoxy groups -OCH3 is 1. The number of anilines is 1. The number of alkyl halides is 3. The number of rotatable bonds is 7. The van der Waals surface area contributed by atoms with Crippen LogP contribution in [0, 0.1) is 0 Å². The Balaban J connectivity index is 3.20. The Bertz CT molecular complexity index is 567. The highest BCUT2D eigenvalue weighted by atomic mass is 19.4. The SMILES string of the molecule is C=C[C@H](CCC(C)=O)N(C(=O)C(F)(F)F)c1ccc(OC)cc1. The molecule has 0 aromatic heterocycles. The molecule has 1 rings (SSSR count). The first kappa shape index (κ1) is 18.7. The maximum absolute atomic E-state index is 12.9. The lowest BCUT2D eigenvalue weighted by molar-refractivity contribution is -0.170. The lowest BCUT2D eigenvalue weighted by atomic mass is 10.1. The third kappa shape index (κ3) is 5.12. The molecule has 1 aromatic rings. The molecule has 1 amide bonds. The van der Waals surface area contributed by atoms with E-state index >= 15 is 0 Å². The first-order valence-electron chi connectivity index (χ1n) is 6.87. The number of ketones is 1. The van der Waals surface area contributed by atoms with E-state index in [1.807, 2.05) is 0 Å². The second-order valence-corrected chi connectivity index (χ2v) is 4.91. The summed E-state index contributed by atoms with van der Waals surface area (Å²) in [6.07, 6.45) is -3.69. The summed E-state index contributed by atoms with van der Waals surface area (Å²) in [4.78, 5) is 23.5. The molecule has 0 saturated carbocycles. The number of Topliss-reactive ketones (excluding diaryl/α,β-unsaturated/α-hetero) is 1. The highest BCUT2D eigenvalue weighted by Gasteiger charge is 2.44. The summed E-state index contributed by atoms with van der Waals surface area (Å²) in [7, 11) is 1.42. The molecule has 0 radical (unpaired) electrons. The molecule has 126 valence electrons. The molecule has 0 heterocycles. The molecule has 0 spiro atoms. The van der Waals surface area contributed by atoms with Crippen LogP contribution >= 0.6 is 0 Å². The zero-order chi connectivity index (χ0) is 17.6. The number of amides is 1. The summed E-state index contributed by atoms with van der Waals surface area (Å²) in [5.41, 5.74) is 0.0570. The van der Waals surface area contributed by atoms with Gasteiger partial charge in [0.05, 0.1) is 13.2 Å². The van der Waals surface area contributed by atoms with Gasteiger partial charge in [0.2, 0.25) is 0 Å². The fraction of sp³-hybridized carbons (Fsp3) is 0.375. The molecule has 0 aliphatic rings. The van der Waals surface area contributed by atoms with Gasteiger partial charge < -0.3 is 9.53 Å². The fourth-order valence-electron chi connectivity index (χ4n) is 2.04. The molecule has 0 N–H and O–H groups in total. The van der Waals surface area contributed by atoms with Crippen molar-refractivity contribution in [1.82, 2.24) is 0 Å². The molecule has 0 fully saturated rings. The molecular formula is C16H18F3NO3. The van der Waals surface area contributed by atoms with Gasteiger partial charge in [-0.1, -0.05) is 6.08 Å². The quantitative estimate of drug-likeness (QED) is 0.719. The van der Waals surface area contributed by atoms with Crippen molar-refractivity contribution in [3.8, 4) is 5.75 Å². The van der Waals surface area contributed by atoms with Gasteiger partial charge in [-0.25, -0.2) is 0 Å². The van der Waals surface area contributed by atoms with Crippen LogP contribution in [0.4, 0.5) is 18.9 Å². The highest BCUT2D eigenvalue weighted by molar-refractivity contribution is 5.98. The van der Waals surface area contributed by atoms with Crippen molar-refractivity contribution in [3.05, 3.63) is 36.9 Å². The smallest absolute Gasteiger partial charge is 0.471 e. The van der Waals surface area contributed by atoms with Gasteiger partial charge >= 0.3 is 12.1 Å². The molecule has 23 heavy (non-hydrogen) atoms. The predicted molar refractivity (Wildman–Crippen MR) is 80.4 cm³/mol. The lowest BCUT2D eigenvalue weighted by Gasteiger charge is -2.30. The van der Waals surface area contributed by atoms with Crippen molar-refractivity contribution < 1.29 is 27.5 Å². The number of nitrogens with zero attached hydrogens (tertiary/aromatic N) is 1. The van der Waals surface area contributed by atoms with Crippen LogP contribution in [0.2, 0.25) is 0 Å². The van der Waals surface area contributed by atoms with E-state index in [4.69, 9.17) is 4.74 Å². The minimum atomic E-state index is -5.03. The largest absolute Gasteiger partial charge is 0.497 e. The van der Waals surface area contributed by atoms with Crippen LogP contribution in [-0.4, -0.2) is 31.0 Å². The van der Waals surface area contributed by atoms with Crippen LogP contribution in [0.3, 0.4) is 0 Å². The first-order valence-corrected chi connectivity index (χ1v) is 6.87. The van der Waals surface area contributed by atoms with Gasteiger partial charge in [0.25, 0.3) is 0 Å². The van der Waals surface area contributed by atoms with Crippen LogP contribution in [0.5, 0.6) is 5.75 Å². The third-order valence-corrected chi connectivity index (χ3v) is 3.21. The third-order valence-electron chi connectivity index (χ3n) is 3.21. The monoisotopic (exact) mass is 329 g/mol. The van der Waals surface area contributed by atoms with Gasteiger partial charge in [0.1, 0.15) is 11.5 Å². The van der Waals surface area contributed by atoms with Gasteiger partial charge in [0, 0.05) is 12.1 Å². The van der Waals surface area contributed by atoms with E-state index in [0.29, 0.717) is 10.6 Å². The Morgan fingerprint density at radius 1 is 1.30 bits per heavy atom. The Morgan fingerprint density at radius 2 is 1.87 bits per heavy atom. The van der Waals surface area contributed by atoms with Crippen LogP contribution < -0.4 is 9.64 Å². The second-order valence-electron chi connectivity index (χ2n) is 4.91. The summed E-state index contributed by atoms with van der Waals surface area (Å²) < 4.78 is 43.7. The van der Waals surface area contributed by atoms with Crippen molar-refractivity contribution in [2.45, 2.75) is 32.0 Å². The normalized spacial score (nSPS) is 12.4. The number of halogens is 3. The van der Waals surface area contributed by atoms with E-state index in [0.717, 1.165) is 0 Å². The van der Waals surface area contributed by atoms with Crippen molar-refractivity contribution >= 4 is 17.4 Å². The molecule has 1 aromatic carbocycles. The summed E-state index contributed by atoms with van der Waals surface area (Å²) in [5, 5.41) is 0. The van der Waals surface area contributed by atoms with Crippen LogP contribution in [-0.2, 0) is 9.59 Å². The molecule has 0 aliphatic heterocycles. The average molecular weight is 329 g/mol. The van der Waals surface area contributed by atoms with Crippen molar-refractivity contribution in [1.29, 1.82) is 0 Å². The summed E-state index contributed by atoms with van der Waals surface area (Å²) in [6, 6.07) is 4.68. The molecule has 0 aliphatic carbocycles. The summed E-state index contributed by atoms with van der Waals surface area (Å²) in [5.74, 6) is -1.73. The Hall–Kier alpha value is -2.31.